The van der Waals surface area contributed by atoms with Gasteiger partial charge in [-0.1, -0.05) is 54.6 Å². The van der Waals surface area contributed by atoms with E-state index in [-0.39, 0.29) is 18.4 Å². The summed E-state index contributed by atoms with van der Waals surface area (Å²) in [5.74, 6) is -0.351. The highest BCUT2D eigenvalue weighted by molar-refractivity contribution is 7.10. The summed E-state index contributed by atoms with van der Waals surface area (Å²) in [6.45, 7) is 1.04. The van der Waals surface area contributed by atoms with Crippen molar-refractivity contribution in [2.75, 3.05) is 6.54 Å². The Bertz CT molecular complexity index is 1070. The number of amides is 2. The van der Waals surface area contributed by atoms with Crippen LogP contribution in [0.25, 0.3) is 11.1 Å². The first-order valence-electron chi connectivity index (χ1n) is 9.95. The van der Waals surface area contributed by atoms with Gasteiger partial charge in [-0.15, -0.1) is 22.7 Å². The molecule has 4 rings (SSSR count). The van der Waals surface area contributed by atoms with Crippen LogP contribution in [-0.2, 0) is 17.9 Å². The molecule has 0 atom stereocenters. The lowest BCUT2D eigenvalue weighted by molar-refractivity contribution is -0.131. The van der Waals surface area contributed by atoms with Gasteiger partial charge in [0.25, 0.3) is 5.91 Å². The van der Waals surface area contributed by atoms with Crippen LogP contribution in [-0.4, -0.2) is 23.3 Å². The predicted molar refractivity (Wildman–Crippen MR) is 127 cm³/mol. The molecule has 0 bridgehead atoms. The zero-order chi connectivity index (χ0) is 21.5. The van der Waals surface area contributed by atoms with Gasteiger partial charge in [0.1, 0.15) is 0 Å². The van der Waals surface area contributed by atoms with Gasteiger partial charge in [-0.2, -0.15) is 0 Å². The maximum atomic E-state index is 12.9. The van der Waals surface area contributed by atoms with E-state index in [2.05, 4.69) is 5.32 Å². The Morgan fingerprint density at radius 2 is 1.29 bits per heavy atom. The van der Waals surface area contributed by atoms with Crippen molar-refractivity contribution in [2.24, 2.45) is 0 Å². The molecule has 2 heterocycles. The minimum atomic E-state index is -0.250. The summed E-state index contributed by atoms with van der Waals surface area (Å²) in [7, 11) is 0. The summed E-state index contributed by atoms with van der Waals surface area (Å²) in [6.07, 6.45) is 0. The van der Waals surface area contributed by atoms with E-state index in [1.54, 1.807) is 39.7 Å². The molecule has 2 amide bonds. The molecule has 6 heteroatoms. The molecule has 0 saturated carbocycles. The second kappa shape index (κ2) is 10.2. The molecule has 0 unspecified atom stereocenters. The zero-order valence-electron chi connectivity index (χ0n) is 16.9. The number of rotatable bonds is 8. The quantitative estimate of drug-likeness (QED) is 0.392. The summed E-state index contributed by atoms with van der Waals surface area (Å²) < 4.78 is 0. The number of benzene rings is 2. The van der Waals surface area contributed by atoms with E-state index in [4.69, 9.17) is 0 Å². The molecule has 0 saturated heterocycles. The van der Waals surface area contributed by atoms with Crippen molar-refractivity contribution in [2.45, 2.75) is 13.1 Å². The third-order valence-corrected chi connectivity index (χ3v) is 6.58. The van der Waals surface area contributed by atoms with Crippen LogP contribution in [0.3, 0.4) is 0 Å². The molecule has 2 aromatic carbocycles. The maximum Gasteiger partial charge on any atom is 0.251 e. The lowest BCUT2D eigenvalue weighted by Gasteiger charge is -2.22. The van der Waals surface area contributed by atoms with Crippen molar-refractivity contribution in [3.05, 3.63) is 105 Å². The van der Waals surface area contributed by atoms with Gasteiger partial charge in [0.2, 0.25) is 5.91 Å². The summed E-state index contributed by atoms with van der Waals surface area (Å²) in [5.41, 5.74) is 2.68. The minimum absolute atomic E-state index is 0.0317. The Morgan fingerprint density at radius 1 is 0.710 bits per heavy atom. The van der Waals surface area contributed by atoms with Gasteiger partial charge in [0.15, 0.2) is 0 Å². The summed E-state index contributed by atoms with van der Waals surface area (Å²) >= 11 is 3.25. The Balaban J connectivity index is 1.37. The van der Waals surface area contributed by atoms with E-state index in [9.17, 15) is 9.59 Å². The fraction of sp³-hybridized carbons (Fsp3) is 0.120. The van der Waals surface area contributed by atoms with Gasteiger partial charge in [-0.25, -0.2) is 0 Å². The molecule has 4 nitrogen and oxygen atoms in total. The molecule has 156 valence electrons. The van der Waals surface area contributed by atoms with E-state index < -0.39 is 0 Å². The third kappa shape index (κ3) is 5.69. The standard InChI is InChI=1S/C25H22N2O2S2/c28-24(27(17-22-8-4-14-30-22)18-23-9-5-15-31-23)16-26-25(29)21-12-10-20(11-13-21)19-6-2-1-3-7-19/h1-15H,16-18H2,(H,26,29). The molecule has 0 aliphatic rings. The lowest BCUT2D eigenvalue weighted by atomic mass is 10.0. The largest absolute Gasteiger partial charge is 0.343 e. The second-order valence-corrected chi connectivity index (χ2v) is 9.10. The SMILES string of the molecule is O=C(NCC(=O)N(Cc1cccs1)Cc1cccs1)c1ccc(-c2ccccc2)cc1. The Kier molecular flexibility index (Phi) is 6.92. The average Bonchev–Trinajstić information content (AvgIpc) is 3.52. The van der Waals surface area contributed by atoms with E-state index >= 15 is 0 Å². The van der Waals surface area contributed by atoms with E-state index in [0.29, 0.717) is 18.7 Å². The molecule has 0 spiro atoms. The van der Waals surface area contributed by atoms with Gasteiger partial charge in [-0.3, -0.25) is 9.59 Å². The van der Waals surface area contributed by atoms with Crippen molar-refractivity contribution < 1.29 is 9.59 Å². The molecule has 0 radical (unpaired) electrons. The van der Waals surface area contributed by atoms with Crippen LogP contribution in [0.5, 0.6) is 0 Å². The van der Waals surface area contributed by atoms with Crippen LogP contribution >= 0.6 is 22.7 Å². The molecule has 0 aliphatic heterocycles. The number of hydrogen-bond acceptors (Lipinski definition) is 4. The van der Waals surface area contributed by atoms with Crippen LogP contribution < -0.4 is 5.32 Å². The fourth-order valence-corrected chi connectivity index (χ4v) is 4.67. The molecule has 1 N–H and O–H groups in total. The molecule has 31 heavy (non-hydrogen) atoms. The van der Waals surface area contributed by atoms with Crippen molar-refractivity contribution >= 4 is 34.5 Å². The number of thiophene rings is 2. The van der Waals surface area contributed by atoms with Crippen LogP contribution in [0.1, 0.15) is 20.1 Å². The number of nitrogens with zero attached hydrogens (tertiary/aromatic N) is 1. The molecular weight excluding hydrogens is 424 g/mol. The van der Waals surface area contributed by atoms with Gasteiger partial charge in [0, 0.05) is 15.3 Å². The first kappa shape index (κ1) is 21.0. The van der Waals surface area contributed by atoms with Gasteiger partial charge in [0.05, 0.1) is 19.6 Å². The normalized spacial score (nSPS) is 10.6. The Labute approximate surface area is 189 Å². The van der Waals surface area contributed by atoms with Crippen molar-refractivity contribution in [3.63, 3.8) is 0 Å². The highest BCUT2D eigenvalue weighted by Crippen LogP contribution is 2.20. The summed E-state index contributed by atoms with van der Waals surface area (Å²) in [4.78, 5) is 29.5. The number of carbonyl (C=O) groups is 2. The van der Waals surface area contributed by atoms with Gasteiger partial charge in [-0.05, 0) is 46.2 Å². The Hall–Kier alpha value is -3.22. The van der Waals surface area contributed by atoms with Crippen LogP contribution in [0, 0.1) is 0 Å². The van der Waals surface area contributed by atoms with Crippen LogP contribution in [0.4, 0.5) is 0 Å². The van der Waals surface area contributed by atoms with Gasteiger partial charge < -0.3 is 10.2 Å². The summed E-state index contributed by atoms with van der Waals surface area (Å²) in [6, 6.07) is 25.4. The topological polar surface area (TPSA) is 49.4 Å². The molecule has 2 aromatic heterocycles. The predicted octanol–water partition coefficient (Wildman–Crippen LogP) is 5.44. The number of hydrogen-bond donors (Lipinski definition) is 1. The molecular formula is C25H22N2O2S2. The fourth-order valence-electron chi connectivity index (χ4n) is 3.23. The van der Waals surface area contributed by atoms with Crippen molar-refractivity contribution in [3.8, 4) is 11.1 Å². The van der Waals surface area contributed by atoms with Crippen LogP contribution in [0.15, 0.2) is 89.6 Å². The number of carbonyl (C=O) groups excluding carboxylic acids is 2. The minimum Gasteiger partial charge on any atom is -0.343 e. The van der Waals surface area contributed by atoms with Crippen LogP contribution in [0.2, 0.25) is 0 Å². The first-order chi connectivity index (χ1) is 15.2. The van der Waals surface area contributed by atoms with E-state index in [1.807, 2.05) is 77.5 Å². The third-order valence-electron chi connectivity index (χ3n) is 4.86. The van der Waals surface area contributed by atoms with Crippen molar-refractivity contribution in [1.82, 2.24) is 10.2 Å². The van der Waals surface area contributed by atoms with Crippen molar-refractivity contribution in [1.29, 1.82) is 0 Å². The molecule has 4 aromatic rings. The average molecular weight is 447 g/mol. The maximum absolute atomic E-state index is 12.9. The lowest BCUT2D eigenvalue weighted by Crippen LogP contribution is -2.39. The first-order valence-corrected chi connectivity index (χ1v) is 11.7. The zero-order valence-corrected chi connectivity index (χ0v) is 18.5. The highest BCUT2D eigenvalue weighted by Gasteiger charge is 2.17. The summed E-state index contributed by atoms with van der Waals surface area (Å²) in [5, 5.41) is 6.78. The highest BCUT2D eigenvalue weighted by atomic mass is 32.1. The molecule has 0 fully saturated rings. The Morgan fingerprint density at radius 3 is 1.84 bits per heavy atom. The van der Waals surface area contributed by atoms with E-state index in [1.165, 1.54) is 0 Å². The number of nitrogens with one attached hydrogen (secondary N) is 1. The molecule has 0 aliphatic carbocycles. The second-order valence-electron chi connectivity index (χ2n) is 7.03. The van der Waals surface area contributed by atoms with E-state index in [0.717, 1.165) is 20.9 Å². The smallest absolute Gasteiger partial charge is 0.251 e. The monoisotopic (exact) mass is 446 g/mol. The van der Waals surface area contributed by atoms with Gasteiger partial charge >= 0.3 is 0 Å².